The molecule has 34 heavy (non-hydrogen) atoms. The van der Waals surface area contributed by atoms with Crippen molar-refractivity contribution < 1.29 is 24.2 Å². The highest BCUT2D eigenvalue weighted by Crippen LogP contribution is 2.39. The first kappa shape index (κ1) is 25.0. The summed E-state index contributed by atoms with van der Waals surface area (Å²) in [6.07, 6.45) is 7.86. The number of ketones is 1. The Labute approximate surface area is 202 Å². The Balaban J connectivity index is 1.49. The SMILES string of the molecule is O=C(O)CCC/C=C\C[C@H]1[C@@H](OC(c2ccccc2)C2CCNC2)CC(=O)[C@@H]1N1CCOCC1. The molecule has 1 saturated carbocycles. The second kappa shape index (κ2) is 12.6. The smallest absolute Gasteiger partial charge is 0.303 e. The van der Waals surface area contributed by atoms with Gasteiger partial charge in [-0.25, -0.2) is 0 Å². The van der Waals surface area contributed by atoms with Crippen molar-refractivity contribution in [1.82, 2.24) is 10.2 Å². The fourth-order valence-electron chi connectivity index (χ4n) is 5.64. The maximum Gasteiger partial charge on any atom is 0.303 e. The highest BCUT2D eigenvalue weighted by atomic mass is 16.5. The molecule has 0 aromatic heterocycles. The lowest BCUT2D eigenvalue weighted by Gasteiger charge is -2.36. The lowest BCUT2D eigenvalue weighted by Crippen LogP contribution is -2.49. The molecule has 4 rings (SSSR count). The maximum atomic E-state index is 13.3. The summed E-state index contributed by atoms with van der Waals surface area (Å²) in [4.78, 5) is 26.3. The van der Waals surface area contributed by atoms with Gasteiger partial charge in [0.25, 0.3) is 0 Å². The van der Waals surface area contributed by atoms with E-state index < -0.39 is 5.97 Å². The highest BCUT2D eigenvalue weighted by Gasteiger charge is 2.47. The first-order chi connectivity index (χ1) is 16.6. The van der Waals surface area contributed by atoms with Crippen molar-refractivity contribution in [2.24, 2.45) is 11.8 Å². The van der Waals surface area contributed by atoms with Crippen LogP contribution in [0.4, 0.5) is 0 Å². The van der Waals surface area contributed by atoms with Crippen LogP contribution in [0.15, 0.2) is 42.5 Å². The van der Waals surface area contributed by atoms with E-state index in [1.807, 2.05) is 6.07 Å². The Morgan fingerprint density at radius 1 is 1.24 bits per heavy atom. The average molecular weight is 471 g/mol. The molecule has 0 amide bonds. The van der Waals surface area contributed by atoms with Crippen molar-refractivity contribution in [2.75, 3.05) is 39.4 Å². The normalized spacial score (nSPS) is 29.1. The van der Waals surface area contributed by atoms with E-state index in [9.17, 15) is 9.59 Å². The van der Waals surface area contributed by atoms with E-state index in [0.29, 0.717) is 32.0 Å². The fourth-order valence-corrected chi connectivity index (χ4v) is 5.64. The number of carbonyl (C=O) groups excluding carboxylic acids is 1. The first-order valence-corrected chi connectivity index (χ1v) is 12.8. The number of ether oxygens (including phenoxy) is 2. The number of rotatable bonds is 11. The van der Waals surface area contributed by atoms with Crippen molar-refractivity contribution in [3.05, 3.63) is 48.0 Å². The Morgan fingerprint density at radius 2 is 2.03 bits per heavy atom. The summed E-state index contributed by atoms with van der Waals surface area (Å²) in [6, 6.07) is 10.3. The van der Waals surface area contributed by atoms with E-state index in [2.05, 4.69) is 46.6 Å². The van der Waals surface area contributed by atoms with Gasteiger partial charge in [-0.05, 0) is 37.8 Å². The summed E-state index contributed by atoms with van der Waals surface area (Å²) in [6.45, 7) is 4.80. The number of hydrogen-bond donors (Lipinski definition) is 2. The number of benzene rings is 1. The standard InChI is InChI=1S/C27H38N2O5/c30-23-18-24(34-27(21-12-13-28-19-21)20-8-4-3-5-9-20)22(10-6-1-2-7-11-25(31)32)26(23)29-14-16-33-17-15-29/h1,3-6,8-9,21-22,24,26-28H,2,7,10-19H2,(H,31,32)/b6-1-/t21?,22-,24-,26+,27?/m0/s1. The predicted molar refractivity (Wildman–Crippen MR) is 130 cm³/mol. The van der Waals surface area contributed by atoms with Gasteiger partial charge in [0.15, 0.2) is 5.78 Å². The molecular formula is C27H38N2O5. The summed E-state index contributed by atoms with van der Waals surface area (Å²) < 4.78 is 12.4. The third-order valence-electron chi connectivity index (χ3n) is 7.37. The van der Waals surface area contributed by atoms with E-state index in [0.717, 1.165) is 45.4 Å². The van der Waals surface area contributed by atoms with Crippen LogP contribution in [0.5, 0.6) is 0 Å². The molecule has 7 nitrogen and oxygen atoms in total. The number of Topliss-reactive ketones (excluding diaryl/α,β-unsaturated/α-hetero) is 1. The summed E-state index contributed by atoms with van der Waals surface area (Å²) in [7, 11) is 0. The molecule has 2 heterocycles. The molecule has 2 unspecified atom stereocenters. The van der Waals surface area contributed by atoms with Crippen molar-refractivity contribution in [2.45, 2.75) is 56.8 Å². The summed E-state index contributed by atoms with van der Waals surface area (Å²) in [5.74, 6) is -0.00873. The highest BCUT2D eigenvalue weighted by molar-refractivity contribution is 5.87. The molecule has 1 aromatic carbocycles. The van der Waals surface area contributed by atoms with E-state index in [4.69, 9.17) is 14.6 Å². The average Bonchev–Trinajstić information content (AvgIpc) is 3.48. The maximum absolute atomic E-state index is 13.3. The van der Waals surface area contributed by atoms with Gasteiger partial charge in [0.1, 0.15) is 0 Å². The van der Waals surface area contributed by atoms with Crippen molar-refractivity contribution in [1.29, 1.82) is 0 Å². The zero-order chi connectivity index (χ0) is 23.8. The lowest BCUT2D eigenvalue weighted by molar-refractivity contribution is -0.137. The summed E-state index contributed by atoms with van der Waals surface area (Å²) >= 11 is 0. The third-order valence-corrected chi connectivity index (χ3v) is 7.37. The molecule has 3 fully saturated rings. The van der Waals surface area contributed by atoms with Crippen molar-refractivity contribution in [3.63, 3.8) is 0 Å². The molecule has 2 N–H and O–H groups in total. The Bertz CT molecular complexity index is 818. The molecule has 1 aliphatic carbocycles. The van der Waals surface area contributed by atoms with E-state index >= 15 is 0 Å². The van der Waals surface area contributed by atoms with Crippen LogP contribution in [0, 0.1) is 11.8 Å². The Hall–Kier alpha value is -2.06. The molecular weight excluding hydrogens is 432 g/mol. The third kappa shape index (κ3) is 6.54. The number of nitrogens with zero attached hydrogens (tertiary/aromatic N) is 1. The van der Waals surface area contributed by atoms with Crippen LogP contribution in [0.1, 0.15) is 50.2 Å². The molecule has 7 heteroatoms. The largest absolute Gasteiger partial charge is 0.481 e. The molecule has 0 radical (unpaired) electrons. The molecule has 1 aromatic rings. The van der Waals surface area contributed by atoms with Gasteiger partial charge in [0, 0.05) is 44.3 Å². The number of unbranched alkanes of at least 4 members (excludes halogenated alkanes) is 1. The van der Waals surface area contributed by atoms with Gasteiger partial charge in [-0.3, -0.25) is 14.5 Å². The van der Waals surface area contributed by atoms with Gasteiger partial charge in [-0.15, -0.1) is 0 Å². The second-order valence-electron chi connectivity index (χ2n) is 9.68. The van der Waals surface area contributed by atoms with Crippen molar-refractivity contribution >= 4 is 11.8 Å². The number of morpholine rings is 1. The number of carboxylic acid groups (broad SMARTS) is 1. The number of allylic oxidation sites excluding steroid dienone is 2. The summed E-state index contributed by atoms with van der Waals surface area (Å²) in [5, 5.41) is 12.3. The number of nitrogens with one attached hydrogen (secondary N) is 1. The monoisotopic (exact) mass is 470 g/mol. The van der Waals surface area contributed by atoms with Gasteiger partial charge in [-0.2, -0.15) is 0 Å². The lowest BCUT2D eigenvalue weighted by atomic mass is 9.92. The second-order valence-corrected chi connectivity index (χ2v) is 9.68. The summed E-state index contributed by atoms with van der Waals surface area (Å²) in [5.41, 5.74) is 1.18. The molecule has 3 aliphatic rings. The predicted octanol–water partition coefficient (Wildman–Crippen LogP) is 3.21. The number of hydrogen-bond acceptors (Lipinski definition) is 6. The zero-order valence-electron chi connectivity index (χ0n) is 19.9. The van der Waals surface area contributed by atoms with Crippen LogP contribution in [0.3, 0.4) is 0 Å². The topological polar surface area (TPSA) is 88.1 Å². The minimum absolute atomic E-state index is 0.0283. The van der Waals surface area contributed by atoms with E-state index in [1.54, 1.807) is 0 Å². The molecule has 186 valence electrons. The minimum Gasteiger partial charge on any atom is -0.481 e. The van der Waals surface area contributed by atoms with E-state index in [-0.39, 0.29) is 36.4 Å². The van der Waals surface area contributed by atoms with Gasteiger partial charge in [-0.1, -0.05) is 42.5 Å². The van der Waals surface area contributed by atoms with Gasteiger partial charge in [0.2, 0.25) is 0 Å². The van der Waals surface area contributed by atoms with Gasteiger partial charge < -0.3 is 19.9 Å². The van der Waals surface area contributed by atoms with E-state index in [1.165, 1.54) is 5.56 Å². The van der Waals surface area contributed by atoms with Crippen molar-refractivity contribution in [3.8, 4) is 0 Å². The molecule has 5 atom stereocenters. The first-order valence-electron chi connectivity index (χ1n) is 12.8. The van der Waals surface area contributed by atoms with Crippen LogP contribution >= 0.6 is 0 Å². The van der Waals surface area contributed by atoms with Crippen LogP contribution in [-0.4, -0.2) is 73.3 Å². The van der Waals surface area contributed by atoms with Crippen LogP contribution < -0.4 is 5.32 Å². The zero-order valence-corrected chi connectivity index (χ0v) is 19.9. The quantitative estimate of drug-likeness (QED) is 0.379. The molecule has 0 bridgehead atoms. The molecule has 2 saturated heterocycles. The molecule has 2 aliphatic heterocycles. The number of carboxylic acids is 1. The van der Waals surface area contributed by atoms with Crippen LogP contribution in [-0.2, 0) is 19.1 Å². The minimum atomic E-state index is -0.760. The fraction of sp³-hybridized carbons (Fsp3) is 0.630. The van der Waals surface area contributed by atoms with Crippen LogP contribution in [0.25, 0.3) is 0 Å². The van der Waals surface area contributed by atoms with Gasteiger partial charge >= 0.3 is 5.97 Å². The Morgan fingerprint density at radius 3 is 2.74 bits per heavy atom. The van der Waals surface area contributed by atoms with Gasteiger partial charge in [0.05, 0.1) is 31.5 Å². The molecule has 0 spiro atoms. The van der Waals surface area contributed by atoms with Crippen LogP contribution in [0.2, 0.25) is 0 Å². The number of aliphatic carboxylic acids is 1. The number of carbonyl (C=O) groups is 2. The Kier molecular flexibility index (Phi) is 9.27.